The molecule has 0 bridgehead atoms. The number of hydrogen-bond acceptors (Lipinski definition) is 4. The Labute approximate surface area is 200 Å². The van der Waals surface area contributed by atoms with E-state index in [0.29, 0.717) is 10.8 Å². The van der Waals surface area contributed by atoms with Gasteiger partial charge in [-0.15, -0.1) is 0 Å². The lowest BCUT2D eigenvalue weighted by Gasteiger charge is -2.31. The molecule has 0 radical (unpaired) electrons. The quantitative estimate of drug-likeness (QED) is 0.500. The Balaban J connectivity index is 2.02. The summed E-state index contributed by atoms with van der Waals surface area (Å²) in [4.78, 5) is 13.5. The van der Waals surface area contributed by atoms with Crippen molar-refractivity contribution in [1.82, 2.24) is 5.32 Å². The van der Waals surface area contributed by atoms with Gasteiger partial charge in [-0.05, 0) is 48.7 Å². The van der Waals surface area contributed by atoms with E-state index in [1.165, 1.54) is 20.1 Å². The van der Waals surface area contributed by atoms with E-state index in [1.807, 2.05) is 61.5 Å². The average molecular weight is 487 g/mol. The molecule has 8 heteroatoms. The van der Waals surface area contributed by atoms with Gasteiger partial charge in [0.1, 0.15) is 11.8 Å². The Morgan fingerprint density at radius 2 is 1.67 bits per heavy atom. The fourth-order valence-electron chi connectivity index (χ4n) is 3.78. The number of amides is 1. The number of carbonyl (C=O) groups is 1. The van der Waals surface area contributed by atoms with Gasteiger partial charge < -0.3 is 10.1 Å². The van der Waals surface area contributed by atoms with Crippen molar-refractivity contribution in [2.24, 2.45) is 0 Å². The van der Waals surface area contributed by atoms with Gasteiger partial charge in [0.15, 0.2) is 0 Å². The highest BCUT2D eigenvalue weighted by Gasteiger charge is 2.33. The van der Waals surface area contributed by atoms with Crippen molar-refractivity contribution in [3.63, 3.8) is 0 Å². The molecule has 0 spiro atoms. The second-order valence-corrected chi connectivity index (χ2v) is 10.1. The van der Waals surface area contributed by atoms with E-state index in [1.54, 1.807) is 12.1 Å². The third-order valence-corrected chi connectivity index (χ3v) is 6.85. The number of aryl methyl sites for hydroxylation is 1. The summed E-state index contributed by atoms with van der Waals surface area (Å²) in [5.74, 6) is -0.164. The molecule has 0 heterocycles. The molecular formula is C25H27ClN2O4S. The summed E-state index contributed by atoms with van der Waals surface area (Å²) in [5, 5.41) is 3.37. The van der Waals surface area contributed by atoms with Crippen molar-refractivity contribution in [2.75, 3.05) is 17.7 Å². The van der Waals surface area contributed by atoms with Gasteiger partial charge in [-0.2, -0.15) is 0 Å². The van der Waals surface area contributed by atoms with Crippen LogP contribution in [0.5, 0.6) is 5.75 Å². The third-order valence-electron chi connectivity index (χ3n) is 5.39. The zero-order valence-electron chi connectivity index (χ0n) is 18.9. The summed E-state index contributed by atoms with van der Waals surface area (Å²) in [7, 11) is -2.42. The number of benzene rings is 3. The van der Waals surface area contributed by atoms with Crippen LogP contribution in [0.15, 0.2) is 72.8 Å². The van der Waals surface area contributed by atoms with Gasteiger partial charge in [0.05, 0.1) is 25.1 Å². The van der Waals surface area contributed by atoms with Crippen LogP contribution in [0.2, 0.25) is 5.02 Å². The van der Waals surface area contributed by atoms with Gasteiger partial charge in [-0.1, -0.05) is 66.2 Å². The van der Waals surface area contributed by atoms with Crippen LogP contribution in [-0.4, -0.2) is 33.7 Å². The second-order valence-electron chi connectivity index (χ2n) is 7.76. The molecule has 0 fully saturated rings. The van der Waals surface area contributed by atoms with Crippen LogP contribution in [-0.2, 0) is 14.8 Å². The highest BCUT2D eigenvalue weighted by molar-refractivity contribution is 7.92. The predicted octanol–water partition coefficient (Wildman–Crippen LogP) is 4.72. The van der Waals surface area contributed by atoms with Crippen LogP contribution in [0, 0.1) is 6.92 Å². The maximum atomic E-state index is 13.5. The van der Waals surface area contributed by atoms with Crippen LogP contribution < -0.4 is 14.4 Å². The number of rotatable bonds is 8. The van der Waals surface area contributed by atoms with Gasteiger partial charge in [0, 0.05) is 5.02 Å². The van der Waals surface area contributed by atoms with Crippen LogP contribution in [0.3, 0.4) is 0 Å². The van der Waals surface area contributed by atoms with Gasteiger partial charge in [0.25, 0.3) is 0 Å². The van der Waals surface area contributed by atoms with E-state index >= 15 is 0 Å². The van der Waals surface area contributed by atoms with E-state index in [9.17, 15) is 13.2 Å². The molecule has 0 saturated carbocycles. The van der Waals surface area contributed by atoms with Crippen molar-refractivity contribution in [1.29, 1.82) is 0 Å². The molecule has 0 aromatic heterocycles. The summed E-state index contributed by atoms with van der Waals surface area (Å²) >= 11 is 6.14. The first-order chi connectivity index (χ1) is 15.6. The Kier molecular flexibility index (Phi) is 7.66. The molecule has 0 saturated heterocycles. The highest BCUT2D eigenvalue weighted by atomic mass is 35.5. The number of sulfonamides is 1. The monoisotopic (exact) mass is 486 g/mol. The predicted molar refractivity (Wildman–Crippen MR) is 132 cm³/mol. The molecule has 0 aliphatic heterocycles. The van der Waals surface area contributed by atoms with Crippen molar-refractivity contribution in [3.05, 3.63) is 94.5 Å². The van der Waals surface area contributed by atoms with E-state index in [4.69, 9.17) is 16.3 Å². The van der Waals surface area contributed by atoms with Crippen LogP contribution in [0.1, 0.15) is 29.7 Å². The molecular weight excluding hydrogens is 460 g/mol. The molecule has 2 atom stereocenters. The first-order valence-electron chi connectivity index (χ1n) is 10.4. The molecule has 3 rings (SSSR count). The average Bonchev–Trinajstić information content (AvgIpc) is 2.78. The normalized spacial score (nSPS) is 13.1. The number of methoxy groups -OCH3 is 1. The number of anilines is 1. The topological polar surface area (TPSA) is 75.7 Å². The smallest absolute Gasteiger partial charge is 0.244 e. The zero-order chi connectivity index (χ0) is 24.2. The van der Waals surface area contributed by atoms with E-state index in [-0.39, 0.29) is 5.69 Å². The largest absolute Gasteiger partial charge is 0.495 e. The van der Waals surface area contributed by atoms with Crippen LogP contribution >= 0.6 is 11.6 Å². The summed E-state index contributed by atoms with van der Waals surface area (Å²) in [6.07, 6.45) is 1.05. The Hall–Kier alpha value is -3.03. The number of hydrogen-bond donors (Lipinski definition) is 1. The minimum absolute atomic E-state index is 0.197. The van der Waals surface area contributed by atoms with Gasteiger partial charge in [-0.3, -0.25) is 9.10 Å². The summed E-state index contributed by atoms with van der Waals surface area (Å²) in [5.41, 5.74) is 3.02. The number of carbonyl (C=O) groups excluding carboxylic acids is 1. The van der Waals surface area contributed by atoms with Crippen molar-refractivity contribution >= 4 is 33.2 Å². The second kappa shape index (κ2) is 10.3. The molecule has 33 heavy (non-hydrogen) atoms. The maximum Gasteiger partial charge on any atom is 0.244 e. The fraction of sp³-hybridized carbons (Fsp3) is 0.240. The van der Waals surface area contributed by atoms with E-state index in [2.05, 4.69) is 5.32 Å². The molecule has 0 aliphatic rings. The molecule has 1 amide bonds. The first kappa shape index (κ1) is 24.6. The summed E-state index contributed by atoms with van der Waals surface area (Å²) in [6, 6.07) is 20.4. The van der Waals surface area contributed by atoms with E-state index < -0.39 is 28.0 Å². The van der Waals surface area contributed by atoms with Crippen LogP contribution in [0.4, 0.5) is 5.69 Å². The van der Waals surface area contributed by atoms with Gasteiger partial charge >= 0.3 is 0 Å². The van der Waals surface area contributed by atoms with Gasteiger partial charge in [-0.25, -0.2) is 8.42 Å². The molecule has 174 valence electrons. The highest BCUT2D eigenvalue weighted by Crippen LogP contribution is 2.34. The van der Waals surface area contributed by atoms with Gasteiger partial charge in [0.2, 0.25) is 15.9 Å². The number of halogens is 1. The Morgan fingerprint density at radius 1 is 1.03 bits per heavy atom. The number of ether oxygens (including phenoxy) is 1. The summed E-state index contributed by atoms with van der Waals surface area (Å²) in [6.45, 7) is 3.51. The minimum atomic E-state index is -3.85. The van der Waals surface area contributed by atoms with E-state index in [0.717, 1.165) is 27.3 Å². The molecule has 3 aromatic rings. The molecule has 6 nitrogen and oxygen atoms in total. The van der Waals surface area contributed by atoms with Crippen LogP contribution in [0.25, 0.3) is 0 Å². The van der Waals surface area contributed by atoms with Crippen molar-refractivity contribution in [2.45, 2.75) is 25.9 Å². The first-order valence-corrected chi connectivity index (χ1v) is 12.6. The molecule has 0 aliphatic carbocycles. The lowest BCUT2D eigenvalue weighted by Crippen LogP contribution is -2.49. The number of nitrogens with zero attached hydrogens (tertiary/aromatic N) is 1. The lowest BCUT2D eigenvalue weighted by molar-refractivity contribution is -0.122. The molecule has 3 aromatic carbocycles. The maximum absolute atomic E-state index is 13.5. The molecule has 0 unspecified atom stereocenters. The van der Waals surface area contributed by atoms with Crippen molar-refractivity contribution < 1.29 is 17.9 Å². The SMILES string of the molecule is COc1ccc(Cl)cc1N([C@H](C)C(=O)N[C@@H](c1ccccc1)c1ccccc1C)S(C)(=O)=O. The lowest BCUT2D eigenvalue weighted by atomic mass is 9.94. The zero-order valence-corrected chi connectivity index (χ0v) is 20.5. The minimum Gasteiger partial charge on any atom is -0.495 e. The Morgan fingerprint density at radius 3 is 2.27 bits per heavy atom. The third kappa shape index (κ3) is 5.67. The van der Waals surface area contributed by atoms with Crippen molar-refractivity contribution in [3.8, 4) is 5.75 Å². The number of nitrogens with one attached hydrogen (secondary N) is 1. The standard InChI is InChI=1S/C25H27ClN2O4S/c1-17-10-8-9-13-21(17)24(19-11-6-5-7-12-19)27-25(29)18(2)28(33(4,30)31)22-16-20(26)14-15-23(22)32-3/h5-16,18,24H,1-4H3,(H,27,29)/t18-,24+/m1/s1. The summed E-state index contributed by atoms with van der Waals surface area (Å²) < 4.78 is 31.9. The fourth-order valence-corrected chi connectivity index (χ4v) is 5.11. The molecule has 1 N–H and O–H groups in total. The Bertz CT molecular complexity index is 1230.